The predicted molar refractivity (Wildman–Crippen MR) is 114 cm³/mol. The van der Waals surface area contributed by atoms with Gasteiger partial charge in [0.05, 0.1) is 10.5 Å². The van der Waals surface area contributed by atoms with Crippen molar-refractivity contribution in [3.05, 3.63) is 68.3 Å². The van der Waals surface area contributed by atoms with E-state index in [0.717, 1.165) is 0 Å². The SMILES string of the molecule is O=C(Nc1cc(Cl)cc(Cl)c1)C1CCCN1C(=O)c1c[nH]c2ccc([N+](=O)[O-])cc12. The topological polar surface area (TPSA) is 108 Å². The first kappa shape index (κ1) is 20.2. The minimum Gasteiger partial charge on any atom is -0.360 e. The number of nitro benzene ring substituents is 1. The molecule has 1 unspecified atom stereocenters. The highest BCUT2D eigenvalue weighted by Gasteiger charge is 2.35. The second-order valence-corrected chi connectivity index (χ2v) is 7.87. The number of halogens is 2. The van der Waals surface area contributed by atoms with Crippen molar-refractivity contribution >= 4 is 57.3 Å². The Morgan fingerprint density at radius 2 is 1.90 bits per heavy atom. The first-order valence-corrected chi connectivity index (χ1v) is 9.92. The van der Waals surface area contributed by atoms with E-state index in [4.69, 9.17) is 23.2 Å². The zero-order valence-corrected chi connectivity index (χ0v) is 17.0. The van der Waals surface area contributed by atoms with Gasteiger partial charge in [-0.25, -0.2) is 0 Å². The van der Waals surface area contributed by atoms with Crippen molar-refractivity contribution in [1.82, 2.24) is 9.88 Å². The summed E-state index contributed by atoms with van der Waals surface area (Å²) in [5.41, 5.74) is 1.24. The Balaban J connectivity index is 1.59. The van der Waals surface area contributed by atoms with Crippen LogP contribution in [0.25, 0.3) is 10.9 Å². The normalized spacial score (nSPS) is 16.1. The molecule has 2 heterocycles. The lowest BCUT2D eigenvalue weighted by atomic mass is 10.1. The van der Waals surface area contributed by atoms with Gasteiger partial charge in [0.1, 0.15) is 6.04 Å². The molecule has 154 valence electrons. The van der Waals surface area contributed by atoms with Gasteiger partial charge >= 0.3 is 0 Å². The lowest BCUT2D eigenvalue weighted by Gasteiger charge is -2.24. The third-order valence-electron chi connectivity index (χ3n) is 5.05. The predicted octanol–water partition coefficient (Wildman–Crippen LogP) is 4.63. The minimum absolute atomic E-state index is 0.107. The van der Waals surface area contributed by atoms with E-state index in [2.05, 4.69) is 10.3 Å². The van der Waals surface area contributed by atoms with Crippen molar-refractivity contribution in [3.63, 3.8) is 0 Å². The number of amides is 2. The van der Waals surface area contributed by atoms with E-state index in [9.17, 15) is 19.7 Å². The smallest absolute Gasteiger partial charge is 0.270 e. The summed E-state index contributed by atoms with van der Waals surface area (Å²) in [5, 5.41) is 15.1. The highest BCUT2D eigenvalue weighted by Crippen LogP contribution is 2.29. The minimum atomic E-state index is -0.668. The number of rotatable bonds is 4. The molecule has 2 aromatic carbocycles. The third kappa shape index (κ3) is 3.83. The van der Waals surface area contributed by atoms with Crippen molar-refractivity contribution in [2.24, 2.45) is 0 Å². The van der Waals surface area contributed by atoms with Gasteiger partial charge in [-0.15, -0.1) is 0 Å². The number of nitrogens with one attached hydrogen (secondary N) is 2. The van der Waals surface area contributed by atoms with E-state index in [1.165, 1.54) is 23.2 Å². The fourth-order valence-electron chi connectivity index (χ4n) is 3.69. The van der Waals surface area contributed by atoms with Gasteiger partial charge in [-0.2, -0.15) is 0 Å². The van der Waals surface area contributed by atoms with Crippen LogP contribution in [0.1, 0.15) is 23.2 Å². The molecule has 1 aliphatic rings. The Labute approximate surface area is 180 Å². The molecule has 3 aromatic rings. The van der Waals surface area contributed by atoms with Crippen molar-refractivity contribution < 1.29 is 14.5 Å². The number of benzene rings is 2. The van der Waals surface area contributed by atoms with Crippen molar-refractivity contribution in [3.8, 4) is 0 Å². The molecular weight excluding hydrogens is 431 g/mol. The van der Waals surface area contributed by atoms with Gasteiger partial charge in [-0.1, -0.05) is 23.2 Å². The summed E-state index contributed by atoms with van der Waals surface area (Å²) >= 11 is 12.0. The Hall–Kier alpha value is -3.10. The molecule has 0 saturated carbocycles. The van der Waals surface area contributed by atoms with E-state index < -0.39 is 11.0 Å². The van der Waals surface area contributed by atoms with Crippen molar-refractivity contribution in [1.29, 1.82) is 0 Å². The van der Waals surface area contributed by atoms with Crippen LogP contribution in [0.3, 0.4) is 0 Å². The van der Waals surface area contributed by atoms with Crippen LogP contribution >= 0.6 is 23.2 Å². The highest BCUT2D eigenvalue weighted by atomic mass is 35.5. The van der Waals surface area contributed by atoms with E-state index in [0.29, 0.717) is 51.6 Å². The van der Waals surface area contributed by atoms with Crippen LogP contribution < -0.4 is 5.32 Å². The molecule has 30 heavy (non-hydrogen) atoms. The number of H-pyrrole nitrogens is 1. The quantitative estimate of drug-likeness (QED) is 0.449. The fourth-order valence-corrected chi connectivity index (χ4v) is 4.21. The molecule has 1 atom stereocenters. The molecule has 0 radical (unpaired) electrons. The number of hydrogen-bond donors (Lipinski definition) is 2. The maximum atomic E-state index is 13.2. The average molecular weight is 447 g/mol. The summed E-state index contributed by atoms with van der Waals surface area (Å²) in [6.45, 7) is 0.412. The molecule has 8 nitrogen and oxygen atoms in total. The van der Waals surface area contributed by atoms with Crippen LogP contribution in [0.15, 0.2) is 42.6 Å². The monoisotopic (exact) mass is 446 g/mol. The Kier molecular flexibility index (Phi) is 5.36. The summed E-state index contributed by atoms with van der Waals surface area (Å²) < 4.78 is 0. The standard InChI is InChI=1S/C20H16Cl2N4O4/c21-11-6-12(22)8-13(7-11)24-19(27)18-2-1-5-25(18)20(28)16-10-23-17-4-3-14(26(29)30)9-15(16)17/h3-4,6-10,18,23H,1-2,5H2,(H,24,27). The van der Waals surface area contributed by atoms with Crippen LogP contribution in [-0.2, 0) is 4.79 Å². The van der Waals surface area contributed by atoms with Gasteiger partial charge in [0.2, 0.25) is 5.91 Å². The summed E-state index contributed by atoms with van der Waals surface area (Å²) in [5.74, 6) is -0.700. The first-order chi connectivity index (χ1) is 14.3. The van der Waals surface area contributed by atoms with Crippen LogP contribution in [0.5, 0.6) is 0 Å². The highest BCUT2D eigenvalue weighted by molar-refractivity contribution is 6.35. The molecular formula is C20H16Cl2N4O4. The molecule has 1 aliphatic heterocycles. The number of aromatic amines is 1. The zero-order chi connectivity index (χ0) is 21.4. The Morgan fingerprint density at radius 3 is 2.60 bits per heavy atom. The molecule has 0 aliphatic carbocycles. The van der Waals surface area contributed by atoms with Gasteiger partial charge in [-0.05, 0) is 37.1 Å². The number of carbonyl (C=O) groups excluding carboxylic acids is 2. The molecule has 4 rings (SSSR count). The Bertz CT molecular complexity index is 1160. The molecule has 1 saturated heterocycles. The van der Waals surface area contributed by atoms with Gasteiger partial charge in [0.25, 0.3) is 11.6 Å². The van der Waals surface area contributed by atoms with Crippen LogP contribution in [0, 0.1) is 10.1 Å². The third-order valence-corrected chi connectivity index (χ3v) is 5.49. The zero-order valence-electron chi connectivity index (χ0n) is 15.5. The number of likely N-dealkylation sites (tertiary alicyclic amines) is 1. The van der Waals surface area contributed by atoms with Gasteiger partial charge in [0.15, 0.2) is 0 Å². The van der Waals surface area contributed by atoms with E-state index >= 15 is 0 Å². The molecule has 0 spiro atoms. The van der Waals surface area contributed by atoms with Gasteiger partial charge < -0.3 is 15.2 Å². The number of carbonyl (C=O) groups is 2. The maximum Gasteiger partial charge on any atom is 0.270 e. The lowest BCUT2D eigenvalue weighted by molar-refractivity contribution is -0.384. The van der Waals surface area contributed by atoms with Crippen LogP contribution in [0.2, 0.25) is 10.0 Å². The second-order valence-electron chi connectivity index (χ2n) is 6.99. The molecule has 1 aromatic heterocycles. The fraction of sp³-hybridized carbons (Fsp3) is 0.200. The number of hydrogen-bond acceptors (Lipinski definition) is 4. The lowest BCUT2D eigenvalue weighted by Crippen LogP contribution is -2.43. The molecule has 2 amide bonds. The summed E-state index contributed by atoms with van der Waals surface area (Å²) in [6.07, 6.45) is 2.69. The summed E-state index contributed by atoms with van der Waals surface area (Å²) in [7, 11) is 0. The van der Waals surface area contributed by atoms with Crippen LogP contribution in [0.4, 0.5) is 11.4 Å². The number of anilines is 1. The largest absolute Gasteiger partial charge is 0.360 e. The summed E-state index contributed by atoms with van der Waals surface area (Å²) in [6, 6.07) is 8.32. The number of nitro groups is 1. The number of aromatic nitrogens is 1. The van der Waals surface area contributed by atoms with Crippen molar-refractivity contribution in [2.75, 3.05) is 11.9 Å². The molecule has 2 N–H and O–H groups in total. The number of non-ortho nitro benzene ring substituents is 1. The molecule has 1 fully saturated rings. The van der Waals surface area contributed by atoms with E-state index in [-0.39, 0.29) is 17.5 Å². The van der Waals surface area contributed by atoms with Gasteiger partial charge in [-0.3, -0.25) is 19.7 Å². The number of nitrogens with zero attached hydrogens (tertiary/aromatic N) is 2. The number of fused-ring (bicyclic) bond motifs is 1. The second kappa shape index (κ2) is 7.97. The van der Waals surface area contributed by atoms with E-state index in [1.807, 2.05) is 0 Å². The summed E-state index contributed by atoms with van der Waals surface area (Å²) in [4.78, 5) is 41.1. The van der Waals surface area contributed by atoms with Gasteiger partial charge in [0, 0.05) is 51.5 Å². The Morgan fingerprint density at radius 1 is 1.17 bits per heavy atom. The average Bonchev–Trinajstić information content (AvgIpc) is 3.33. The van der Waals surface area contributed by atoms with Crippen LogP contribution in [-0.4, -0.2) is 39.2 Å². The maximum absolute atomic E-state index is 13.2. The van der Waals surface area contributed by atoms with E-state index in [1.54, 1.807) is 24.3 Å². The first-order valence-electron chi connectivity index (χ1n) is 9.17. The van der Waals surface area contributed by atoms with Crippen molar-refractivity contribution in [2.45, 2.75) is 18.9 Å². The molecule has 0 bridgehead atoms. The molecule has 10 heteroatoms.